The van der Waals surface area contributed by atoms with Crippen LogP contribution in [0.2, 0.25) is 0 Å². The molecule has 0 aliphatic heterocycles. The maximum atomic E-state index is 4.44. The van der Waals surface area contributed by atoms with Crippen molar-refractivity contribution in [3.63, 3.8) is 0 Å². The first-order valence-electron chi connectivity index (χ1n) is 5.61. The largest absolute Gasteiger partial charge is 0.176 e. The van der Waals surface area contributed by atoms with Crippen molar-refractivity contribution in [2.45, 2.75) is 59.1 Å². The number of thiol groups is 1. The van der Waals surface area contributed by atoms with Gasteiger partial charge >= 0.3 is 0 Å². The lowest BCUT2D eigenvalue weighted by molar-refractivity contribution is 0.322. The van der Waals surface area contributed by atoms with Gasteiger partial charge in [-0.1, -0.05) is 47.5 Å². The van der Waals surface area contributed by atoms with Crippen LogP contribution >= 0.6 is 12.6 Å². The van der Waals surface area contributed by atoms with Gasteiger partial charge in [0.1, 0.15) is 0 Å². The normalized spacial score (nSPS) is 18.7. The van der Waals surface area contributed by atoms with Crippen LogP contribution in [0.4, 0.5) is 0 Å². The van der Waals surface area contributed by atoms with Crippen molar-refractivity contribution >= 4 is 12.6 Å². The van der Waals surface area contributed by atoms with E-state index in [4.69, 9.17) is 0 Å². The van der Waals surface area contributed by atoms with Crippen LogP contribution in [0.1, 0.15) is 53.9 Å². The molecule has 0 aromatic carbocycles. The predicted molar refractivity (Wildman–Crippen MR) is 65.5 cm³/mol. The first-order chi connectivity index (χ1) is 5.93. The van der Waals surface area contributed by atoms with Crippen molar-refractivity contribution in [3.8, 4) is 0 Å². The van der Waals surface area contributed by atoms with Crippen molar-refractivity contribution in [2.24, 2.45) is 17.8 Å². The second kappa shape index (κ2) is 6.75. The maximum Gasteiger partial charge on any atom is -0.000895 e. The summed E-state index contributed by atoms with van der Waals surface area (Å²) in [6.07, 6.45) is 3.99. The summed E-state index contributed by atoms with van der Waals surface area (Å²) in [5, 5.41) is 0.552. The molecule has 0 saturated carbocycles. The average Bonchev–Trinajstić information content (AvgIpc) is 1.98. The molecule has 3 unspecified atom stereocenters. The van der Waals surface area contributed by atoms with E-state index in [0.29, 0.717) is 5.25 Å². The zero-order valence-electron chi connectivity index (χ0n) is 9.88. The molecule has 13 heavy (non-hydrogen) atoms. The Morgan fingerprint density at radius 2 is 1.38 bits per heavy atom. The van der Waals surface area contributed by atoms with E-state index in [1.54, 1.807) is 0 Å². The highest BCUT2D eigenvalue weighted by molar-refractivity contribution is 7.80. The summed E-state index contributed by atoms with van der Waals surface area (Å²) in [6, 6.07) is 0. The highest BCUT2D eigenvalue weighted by Crippen LogP contribution is 2.24. The van der Waals surface area contributed by atoms with E-state index in [-0.39, 0.29) is 0 Å². The van der Waals surface area contributed by atoms with Gasteiger partial charge in [0, 0.05) is 0 Å². The van der Waals surface area contributed by atoms with Gasteiger partial charge in [0.05, 0.1) is 0 Å². The summed E-state index contributed by atoms with van der Waals surface area (Å²) in [5.74, 6) is 2.53. The van der Waals surface area contributed by atoms with Crippen LogP contribution in [0, 0.1) is 17.8 Å². The molecule has 1 heteroatoms. The average molecular weight is 202 g/mol. The summed E-state index contributed by atoms with van der Waals surface area (Å²) in [6.45, 7) is 11.5. The topological polar surface area (TPSA) is 0 Å². The summed E-state index contributed by atoms with van der Waals surface area (Å²) >= 11 is 4.44. The van der Waals surface area contributed by atoms with Gasteiger partial charge in [-0.15, -0.1) is 0 Å². The molecule has 0 heterocycles. The van der Waals surface area contributed by atoms with E-state index in [1.807, 2.05) is 0 Å². The lowest BCUT2D eigenvalue weighted by atomic mass is 9.86. The minimum Gasteiger partial charge on any atom is -0.176 e. The third-order valence-corrected chi connectivity index (χ3v) is 3.09. The van der Waals surface area contributed by atoms with Crippen LogP contribution in [0.15, 0.2) is 0 Å². The van der Waals surface area contributed by atoms with Crippen LogP contribution in [0.5, 0.6) is 0 Å². The Kier molecular flexibility index (Phi) is 6.93. The van der Waals surface area contributed by atoms with Gasteiger partial charge < -0.3 is 0 Å². The Balaban J connectivity index is 3.62. The first kappa shape index (κ1) is 13.4. The molecule has 0 aliphatic rings. The van der Waals surface area contributed by atoms with E-state index < -0.39 is 0 Å². The number of rotatable bonds is 6. The molecule has 0 saturated heterocycles. The molecule has 0 fully saturated rings. The molecule has 0 radical (unpaired) electrons. The third kappa shape index (κ3) is 7.42. The minimum atomic E-state index is 0.552. The van der Waals surface area contributed by atoms with Crippen molar-refractivity contribution < 1.29 is 0 Å². The van der Waals surface area contributed by atoms with Gasteiger partial charge in [0.25, 0.3) is 0 Å². The van der Waals surface area contributed by atoms with Gasteiger partial charge in [0.2, 0.25) is 0 Å². The minimum absolute atomic E-state index is 0.552. The Morgan fingerprint density at radius 1 is 0.846 bits per heavy atom. The second-order valence-corrected chi connectivity index (χ2v) is 5.89. The molecule has 0 aliphatic carbocycles. The van der Waals surface area contributed by atoms with Crippen LogP contribution in [0.25, 0.3) is 0 Å². The Labute approximate surface area is 89.9 Å². The monoisotopic (exact) mass is 202 g/mol. The zero-order valence-corrected chi connectivity index (χ0v) is 10.8. The Morgan fingerprint density at radius 3 is 1.77 bits per heavy atom. The SMILES string of the molecule is CC(C)CCC(C)C(C)CC(C)S. The zero-order chi connectivity index (χ0) is 10.4. The fourth-order valence-corrected chi connectivity index (χ4v) is 1.98. The molecule has 0 bridgehead atoms. The number of hydrogen-bond donors (Lipinski definition) is 1. The van der Waals surface area contributed by atoms with Crippen molar-refractivity contribution in [3.05, 3.63) is 0 Å². The second-order valence-electron chi connectivity index (χ2n) is 5.01. The van der Waals surface area contributed by atoms with E-state index in [0.717, 1.165) is 17.8 Å². The predicted octanol–water partition coefficient (Wildman–Crippen LogP) is 4.40. The summed E-state index contributed by atoms with van der Waals surface area (Å²) < 4.78 is 0. The fourth-order valence-electron chi connectivity index (χ4n) is 1.65. The maximum absolute atomic E-state index is 4.44. The third-order valence-electron chi connectivity index (χ3n) is 2.88. The standard InChI is InChI=1S/C12H26S/c1-9(2)6-7-10(3)11(4)8-12(5)13/h9-13H,6-8H2,1-5H3. The molecule has 0 nitrogen and oxygen atoms in total. The molecule has 0 amide bonds. The molecule has 0 aromatic heterocycles. The lowest BCUT2D eigenvalue weighted by Gasteiger charge is -2.21. The first-order valence-corrected chi connectivity index (χ1v) is 6.13. The molecular weight excluding hydrogens is 176 g/mol. The highest BCUT2D eigenvalue weighted by atomic mass is 32.1. The Bertz CT molecular complexity index is 118. The fraction of sp³-hybridized carbons (Fsp3) is 1.00. The molecular formula is C12H26S. The van der Waals surface area contributed by atoms with Gasteiger partial charge in [-0.2, -0.15) is 12.6 Å². The van der Waals surface area contributed by atoms with Gasteiger partial charge in [-0.05, 0) is 29.4 Å². The van der Waals surface area contributed by atoms with E-state index in [9.17, 15) is 0 Å². The summed E-state index contributed by atoms with van der Waals surface area (Å²) in [5.41, 5.74) is 0. The summed E-state index contributed by atoms with van der Waals surface area (Å²) in [7, 11) is 0. The van der Waals surface area contributed by atoms with Gasteiger partial charge in [-0.3, -0.25) is 0 Å². The van der Waals surface area contributed by atoms with Gasteiger partial charge in [0.15, 0.2) is 0 Å². The van der Waals surface area contributed by atoms with Crippen LogP contribution in [-0.4, -0.2) is 5.25 Å². The van der Waals surface area contributed by atoms with Crippen LogP contribution in [0.3, 0.4) is 0 Å². The van der Waals surface area contributed by atoms with Crippen molar-refractivity contribution in [1.82, 2.24) is 0 Å². The van der Waals surface area contributed by atoms with Crippen molar-refractivity contribution in [1.29, 1.82) is 0 Å². The van der Waals surface area contributed by atoms with Crippen LogP contribution in [-0.2, 0) is 0 Å². The molecule has 0 aromatic rings. The molecule has 80 valence electrons. The lowest BCUT2D eigenvalue weighted by Crippen LogP contribution is -2.12. The van der Waals surface area contributed by atoms with E-state index in [1.165, 1.54) is 19.3 Å². The van der Waals surface area contributed by atoms with Gasteiger partial charge in [-0.25, -0.2) is 0 Å². The highest BCUT2D eigenvalue weighted by Gasteiger charge is 2.13. The molecule has 0 spiro atoms. The number of hydrogen-bond acceptors (Lipinski definition) is 1. The smallest absolute Gasteiger partial charge is 0.000895 e. The van der Waals surface area contributed by atoms with E-state index in [2.05, 4.69) is 47.2 Å². The molecule has 3 atom stereocenters. The molecule has 0 N–H and O–H groups in total. The quantitative estimate of drug-likeness (QED) is 0.606. The summed E-state index contributed by atoms with van der Waals surface area (Å²) in [4.78, 5) is 0. The van der Waals surface area contributed by atoms with Crippen molar-refractivity contribution in [2.75, 3.05) is 0 Å². The Hall–Kier alpha value is 0.350. The van der Waals surface area contributed by atoms with Crippen LogP contribution < -0.4 is 0 Å². The van der Waals surface area contributed by atoms with E-state index >= 15 is 0 Å². The molecule has 0 rings (SSSR count).